The van der Waals surface area contributed by atoms with Gasteiger partial charge in [0, 0.05) is 30.7 Å². The predicted molar refractivity (Wildman–Crippen MR) is 76.8 cm³/mol. The Hall–Kier alpha value is -1.56. The summed E-state index contributed by atoms with van der Waals surface area (Å²) in [5.74, 6) is -0.340. The van der Waals surface area contributed by atoms with Crippen LogP contribution in [0.15, 0.2) is 9.79 Å². The number of primary amides is 1. The summed E-state index contributed by atoms with van der Waals surface area (Å²) < 4.78 is 1.59. The molecular weight excluding hydrogens is 280 g/mol. The monoisotopic (exact) mass is 298 g/mol. The molecule has 0 fully saturated rings. The van der Waals surface area contributed by atoms with Crippen LogP contribution in [0.25, 0.3) is 0 Å². The van der Waals surface area contributed by atoms with Crippen LogP contribution in [0.1, 0.15) is 36.4 Å². The molecule has 0 saturated heterocycles. The van der Waals surface area contributed by atoms with Crippen molar-refractivity contribution in [1.29, 1.82) is 0 Å². The van der Waals surface area contributed by atoms with Gasteiger partial charge in [-0.15, -0.1) is 11.6 Å². The number of carbonyl (C=O) groups excluding carboxylic acids is 1. The largest absolute Gasteiger partial charge is 0.369 e. The fourth-order valence-corrected chi connectivity index (χ4v) is 2.89. The molecule has 1 heterocycles. The van der Waals surface area contributed by atoms with E-state index in [4.69, 9.17) is 17.3 Å². The first-order chi connectivity index (χ1) is 9.60. The number of H-pyrrole nitrogens is 1. The van der Waals surface area contributed by atoms with Gasteiger partial charge < -0.3 is 10.7 Å². The maximum Gasteiger partial charge on any atom is 0.327 e. The van der Waals surface area contributed by atoms with E-state index in [0.717, 1.165) is 18.4 Å². The molecular formula is C13H19ClN4O2. The molecule has 110 valence electrons. The van der Waals surface area contributed by atoms with Gasteiger partial charge in [-0.05, 0) is 25.7 Å². The van der Waals surface area contributed by atoms with E-state index >= 15 is 0 Å². The summed E-state index contributed by atoms with van der Waals surface area (Å²) in [6, 6.07) is 0. The second-order valence-electron chi connectivity index (χ2n) is 4.91. The lowest BCUT2D eigenvalue weighted by Gasteiger charge is -2.24. The topological polar surface area (TPSA) is 93.2 Å². The number of rotatable bonds is 4. The van der Waals surface area contributed by atoms with E-state index in [1.807, 2.05) is 0 Å². The Labute approximate surface area is 121 Å². The van der Waals surface area contributed by atoms with Gasteiger partial charge in [-0.1, -0.05) is 0 Å². The van der Waals surface area contributed by atoms with Gasteiger partial charge in [0.15, 0.2) is 0 Å². The molecule has 20 heavy (non-hydrogen) atoms. The third-order valence-corrected chi connectivity index (χ3v) is 3.94. The highest BCUT2D eigenvalue weighted by Crippen LogP contribution is 2.27. The number of alkyl halides is 1. The van der Waals surface area contributed by atoms with Gasteiger partial charge in [-0.3, -0.25) is 14.4 Å². The van der Waals surface area contributed by atoms with Gasteiger partial charge in [0.25, 0.3) is 0 Å². The molecule has 0 spiro atoms. The number of hydrogen-bond donors (Lipinski definition) is 2. The zero-order valence-electron chi connectivity index (χ0n) is 11.5. The summed E-state index contributed by atoms with van der Waals surface area (Å²) in [5.41, 5.74) is 7.37. The lowest BCUT2D eigenvalue weighted by Crippen LogP contribution is -2.42. The zero-order chi connectivity index (χ0) is 14.7. The molecule has 2 rings (SSSR count). The fraction of sp³-hybridized carbons (Fsp3) is 0.615. The van der Waals surface area contributed by atoms with Crippen molar-refractivity contribution in [1.82, 2.24) is 9.55 Å². The van der Waals surface area contributed by atoms with Crippen molar-refractivity contribution in [2.24, 2.45) is 10.7 Å². The Morgan fingerprint density at radius 3 is 2.95 bits per heavy atom. The van der Waals surface area contributed by atoms with Crippen molar-refractivity contribution < 1.29 is 4.79 Å². The Morgan fingerprint density at radius 2 is 2.35 bits per heavy atom. The number of aromatic nitrogens is 2. The molecule has 1 atom stereocenters. The minimum Gasteiger partial charge on any atom is -0.369 e. The van der Waals surface area contributed by atoms with E-state index in [1.165, 1.54) is 0 Å². The number of aromatic amines is 1. The van der Waals surface area contributed by atoms with Crippen molar-refractivity contribution >= 4 is 17.5 Å². The van der Waals surface area contributed by atoms with Gasteiger partial charge in [0.1, 0.15) is 5.49 Å². The molecule has 7 heteroatoms. The summed E-state index contributed by atoms with van der Waals surface area (Å²) in [7, 11) is 1.65. The molecule has 1 aromatic rings. The number of hydrogen-bond acceptors (Lipinski definition) is 3. The molecule has 0 radical (unpaired) electrons. The number of fused-ring (bicyclic) bond motifs is 1. The van der Waals surface area contributed by atoms with Crippen molar-refractivity contribution in [3.63, 3.8) is 0 Å². The predicted octanol–water partition coefficient (Wildman–Crippen LogP) is 0.241. The van der Waals surface area contributed by atoms with Crippen molar-refractivity contribution in [3.8, 4) is 0 Å². The SMILES string of the molecule is C/N=c1\c2c([nH]c(=O)n1CCCCl)C(C(N)=O)CCC2. The van der Waals surface area contributed by atoms with Gasteiger partial charge in [-0.25, -0.2) is 4.79 Å². The first-order valence-corrected chi connectivity index (χ1v) is 7.27. The molecule has 1 amide bonds. The number of nitrogens with two attached hydrogens (primary N) is 1. The second kappa shape index (κ2) is 6.26. The van der Waals surface area contributed by atoms with Crippen molar-refractivity contribution in [3.05, 3.63) is 27.2 Å². The highest BCUT2D eigenvalue weighted by Gasteiger charge is 2.27. The molecule has 1 aliphatic rings. The lowest BCUT2D eigenvalue weighted by atomic mass is 9.86. The summed E-state index contributed by atoms with van der Waals surface area (Å²) in [5, 5.41) is 0. The molecule has 1 unspecified atom stereocenters. The van der Waals surface area contributed by atoms with Crippen LogP contribution in [0.3, 0.4) is 0 Å². The van der Waals surface area contributed by atoms with Crippen LogP contribution in [0.2, 0.25) is 0 Å². The summed E-state index contributed by atoms with van der Waals surface area (Å²) in [6.07, 6.45) is 3.02. The highest BCUT2D eigenvalue weighted by molar-refractivity contribution is 6.17. The first kappa shape index (κ1) is 14.8. The van der Waals surface area contributed by atoms with Crippen LogP contribution >= 0.6 is 11.6 Å². The molecule has 0 bridgehead atoms. The summed E-state index contributed by atoms with van der Waals surface area (Å²) >= 11 is 5.69. The summed E-state index contributed by atoms with van der Waals surface area (Å²) in [4.78, 5) is 30.8. The quantitative estimate of drug-likeness (QED) is 0.779. The van der Waals surface area contributed by atoms with Crippen molar-refractivity contribution in [2.45, 2.75) is 38.1 Å². The average Bonchev–Trinajstić information content (AvgIpc) is 2.43. The molecule has 1 aromatic heterocycles. The normalized spacial score (nSPS) is 18.9. The van der Waals surface area contributed by atoms with Crippen molar-refractivity contribution in [2.75, 3.05) is 12.9 Å². The Balaban J connectivity index is 2.63. The number of nitrogens with zero attached hydrogens (tertiary/aromatic N) is 2. The molecule has 0 aliphatic heterocycles. The van der Waals surface area contributed by atoms with E-state index in [1.54, 1.807) is 11.6 Å². The number of carbonyl (C=O) groups is 1. The highest BCUT2D eigenvalue weighted by atomic mass is 35.5. The third kappa shape index (κ3) is 2.65. The van der Waals surface area contributed by atoms with Gasteiger partial charge in [0.2, 0.25) is 5.91 Å². The molecule has 3 N–H and O–H groups in total. The minimum absolute atomic E-state index is 0.261. The third-order valence-electron chi connectivity index (χ3n) is 3.68. The molecule has 6 nitrogen and oxygen atoms in total. The second-order valence-corrected chi connectivity index (χ2v) is 5.29. The van der Waals surface area contributed by atoms with Crippen LogP contribution < -0.4 is 16.9 Å². The number of halogens is 1. The fourth-order valence-electron chi connectivity index (χ4n) is 2.77. The van der Waals surface area contributed by atoms with E-state index in [0.29, 0.717) is 36.4 Å². The van der Waals surface area contributed by atoms with Crippen LogP contribution in [-0.2, 0) is 17.8 Å². The maximum absolute atomic E-state index is 12.2. The Morgan fingerprint density at radius 1 is 1.60 bits per heavy atom. The first-order valence-electron chi connectivity index (χ1n) is 6.74. The lowest BCUT2D eigenvalue weighted by molar-refractivity contribution is -0.119. The van der Waals surface area contributed by atoms with E-state index in [2.05, 4.69) is 9.98 Å². The Bertz CT molecular complexity index is 632. The zero-order valence-corrected chi connectivity index (χ0v) is 12.2. The Kier molecular flexibility index (Phi) is 4.65. The maximum atomic E-state index is 12.2. The minimum atomic E-state index is -0.422. The van der Waals surface area contributed by atoms with Gasteiger partial charge in [0.05, 0.1) is 5.92 Å². The molecule has 0 saturated carbocycles. The van der Waals surface area contributed by atoms with Crippen LogP contribution in [0.5, 0.6) is 0 Å². The molecule has 1 aliphatic carbocycles. The van der Waals surface area contributed by atoms with Crippen LogP contribution in [0, 0.1) is 0 Å². The van der Waals surface area contributed by atoms with Gasteiger partial charge >= 0.3 is 5.69 Å². The van der Waals surface area contributed by atoms with Gasteiger partial charge in [-0.2, -0.15) is 0 Å². The molecule has 0 aromatic carbocycles. The number of amides is 1. The van der Waals surface area contributed by atoms with E-state index in [9.17, 15) is 9.59 Å². The standard InChI is InChI=1S/C13H19ClN4O2/c1-16-12-9-5-2-4-8(11(15)19)10(9)17-13(20)18(12)7-3-6-14/h8H,2-7H2,1H3,(H2,15,19)(H,17,20)/b16-12+. The average molecular weight is 299 g/mol. The van der Waals surface area contributed by atoms with Crippen LogP contribution in [0.4, 0.5) is 0 Å². The van der Waals surface area contributed by atoms with E-state index in [-0.39, 0.29) is 5.69 Å². The number of nitrogens with one attached hydrogen (secondary N) is 1. The van der Waals surface area contributed by atoms with Crippen LogP contribution in [-0.4, -0.2) is 28.4 Å². The summed E-state index contributed by atoms with van der Waals surface area (Å²) in [6.45, 7) is 0.514. The van der Waals surface area contributed by atoms with E-state index < -0.39 is 11.8 Å². The smallest absolute Gasteiger partial charge is 0.327 e.